The Hall–Kier alpha value is -0.730. The minimum atomic E-state index is -0.333. The van der Waals surface area contributed by atoms with Crippen molar-refractivity contribution in [3.05, 3.63) is 34.3 Å². The molecule has 2 N–H and O–H groups in total. The monoisotopic (exact) mass is 205 g/mol. The number of nitrogens with two attached hydrogens (primary N) is 1. The first-order valence-corrected chi connectivity index (χ1v) is 3.95. The third-order valence-corrected chi connectivity index (χ3v) is 1.58. The molecule has 0 heterocycles. The predicted octanol–water partition coefficient (Wildman–Crippen LogP) is 2.49. The fraction of sp³-hybridized carbons (Fsp3) is 0.125. The second-order valence-electron chi connectivity index (χ2n) is 2.02. The van der Waals surface area contributed by atoms with Crippen LogP contribution in [0.5, 0.6) is 0 Å². The van der Waals surface area contributed by atoms with Gasteiger partial charge in [-0.05, 0) is 12.1 Å². The zero-order valence-electron chi connectivity index (χ0n) is 6.55. The largest absolute Gasteiger partial charge is 0.370 e. The van der Waals surface area contributed by atoms with Crippen LogP contribution in [-0.4, -0.2) is 5.91 Å². The van der Waals surface area contributed by atoms with E-state index < -0.39 is 0 Å². The summed E-state index contributed by atoms with van der Waals surface area (Å²) < 4.78 is 0. The van der Waals surface area contributed by atoms with E-state index in [2.05, 4.69) is 5.73 Å². The van der Waals surface area contributed by atoms with Gasteiger partial charge >= 0.3 is 0 Å². The maximum Gasteiger partial charge on any atom is 0.214 e. The van der Waals surface area contributed by atoms with Crippen LogP contribution in [0.1, 0.15) is 6.92 Å². The lowest BCUT2D eigenvalue weighted by Gasteiger charge is -1.88. The first-order valence-electron chi connectivity index (χ1n) is 3.20. The lowest BCUT2D eigenvalue weighted by molar-refractivity contribution is -0.115. The van der Waals surface area contributed by atoms with Crippen LogP contribution in [0.2, 0.25) is 10.0 Å². The molecule has 0 aromatic heterocycles. The Kier molecular flexibility index (Phi) is 5.51. The van der Waals surface area contributed by atoms with Crippen molar-refractivity contribution in [2.75, 3.05) is 0 Å². The van der Waals surface area contributed by atoms with Gasteiger partial charge in [-0.2, -0.15) is 0 Å². The molecule has 1 amide bonds. The van der Waals surface area contributed by atoms with Crippen molar-refractivity contribution in [2.45, 2.75) is 6.92 Å². The van der Waals surface area contributed by atoms with Crippen LogP contribution in [0.4, 0.5) is 0 Å². The van der Waals surface area contributed by atoms with Gasteiger partial charge in [-0.3, -0.25) is 4.79 Å². The van der Waals surface area contributed by atoms with Crippen molar-refractivity contribution >= 4 is 29.1 Å². The highest BCUT2D eigenvalue weighted by Gasteiger charge is 1.89. The molecule has 1 aromatic rings. The van der Waals surface area contributed by atoms with E-state index in [0.717, 1.165) is 0 Å². The van der Waals surface area contributed by atoms with Crippen molar-refractivity contribution in [3.63, 3.8) is 0 Å². The van der Waals surface area contributed by atoms with Crippen molar-refractivity contribution in [1.29, 1.82) is 0 Å². The fourth-order valence-electron chi connectivity index (χ4n) is 0.439. The van der Waals surface area contributed by atoms with Gasteiger partial charge in [0.25, 0.3) is 0 Å². The van der Waals surface area contributed by atoms with Gasteiger partial charge in [0.2, 0.25) is 5.91 Å². The molecule has 0 radical (unpaired) electrons. The van der Waals surface area contributed by atoms with Gasteiger partial charge in [0.15, 0.2) is 0 Å². The van der Waals surface area contributed by atoms with E-state index in [9.17, 15) is 4.79 Å². The summed E-state index contributed by atoms with van der Waals surface area (Å²) in [5, 5.41) is 1.21. The lowest BCUT2D eigenvalue weighted by atomic mass is 10.4. The van der Waals surface area contributed by atoms with E-state index in [1.54, 1.807) is 12.1 Å². The number of carbonyl (C=O) groups is 1. The van der Waals surface area contributed by atoms with E-state index >= 15 is 0 Å². The number of amides is 1. The van der Waals surface area contributed by atoms with E-state index in [1.807, 2.05) is 12.1 Å². The van der Waals surface area contributed by atoms with E-state index in [0.29, 0.717) is 10.0 Å². The summed E-state index contributed by atoms with van der Waals surface area (Å²) in [6, 6.07) is 7.19. The van der Waals surface area contributed by atoms with Crippen molar-refractivity contribution in [2.24, 2.45) is 5.73 Å². The first kappa shape index (κ1) is 11.3. The number of benzene rings is 1. The highest BCUT2D eigenvalue weighted by Crippen LogP contribution is 2.19. The van der Waals surface area contributed by atoms with Crippen LogP contribution in [0.15, 0.2) is 24.3 Å². The normalized spacial score (nSPS) is 8.25. The third-order valence-electron chi connectivity index (χ3n) is 0.824. The maximum absolute atomic E-state index is 9.22. The number of carbonyl (C=O) groups excluding carboxylic acids is 1. The molecule has 0 saturated carbocycles. The molecule has 4 heteroatoms. The van der Waals surface area contributed by atoms with Crippen molar-refractivity contribution < 1.29 is 4.79 Å². The molecular weight excluding hydrogens is 197 g/mol. The van der Waals surface area contributed by atoms with Crippen molar-refractivity contribution in [3.8, 4) is 0 Å². The van der Waals surface area contributed by atoms with Crippen LogP contribution in [0.3, 0.4) is 0 Å². The molecule has 0 aliphatic heterocycles. The van der Waals surface area contributed by atoms with Gasteiger partial charge in [-0.15, -0.1) is 0 Å². The first-order chi connectivity index (χ1) is 5.54. The third kappa shape index (κ3) is 6.01. The van der Waals surface area contributed by atoms with Crippen LogP contribution < -0.4 is 5.73 Å². The minimum absolute atomic E-state index is 0.333. The molecule has 0 atom stereocenters. The van der Waals surface area contributed by atoms with Crippen LogP contribution in [0, 0.1) is 0 Å². The Morgan fingerprint density at radius 2 is 1.50 bits per heavy atom. The van der Waals surface area contributed by atoms with Crippen LogP contribution in [0.25, 0.3) is 0 Å². The number of hydrogen-bond donors (Lipinski definition) is 1. The molecular formula is C8H9Cl2NO. The van der Waals surface area contributed by atoms with E-state index in [4.69, 9.17) is 23.2 Å². The average Bonchev–Trinajstić information content (AvgIpc) is 1.94. The molecule has 0 unspecified atom stereocenters. The Morgan fingerprint density at radius 1 is 1.25 bits per heavy atom. The van der Waals surface area contributed by atoms with E-state index in [-0.39, 0.29) is 5.91 Å². The molecule has 0 aliphatic rings. The fourth-order valence-corrected chi connectivity index (χ4v) is 0.711. The molecule has 12 heavy (non-hydrogen) atoms. The molecule has 66 valence electrons. The standard InChI is InChI=1S/C6H4Cl2.C2H5NO/c7-5-3-1-2-4-6(5)8;1-2(3)4/h1-4H;1H3,(H2,3,4). The quantitative estimate of drug-likeness (QED) is 0.696. The van der Waals surface area contributed by atoms with Crippen LogP contribution in [-0.2, 0) is 4.79 Å². The highest BCUT2D eigenvalue weighted by atomic mass is 35.5. The predicted molar refractivity (Wildman–Crippen MR) is 51.3 cm³/mol. The number of rotatable bonds is 0. The Morgan fingerprint density at radius 3 is 1.67 bits per heavy atom. The highest BCUT2D eigenvalue weighted by molar-refractivity contribution is 6.41. The summed E-state index contributed by atoms with van der Waals surface area (Å²) in [6.45, 7) is 1.31. The second-order valence-corrected chi connectivity index (χ2v) is 2.84. The van der Waals surface area contributed by atoms with E-state index in [1.165, 1.54) is 6.92 Å². The Balaban J connectivity index is 0.000000261. The van der Waals surface area contributed by atoms with Gasteiger partial charge in [0.1, 0.15) is 0 Å². The second kappa shape index (κ2) is 5.86. The van der Waals surface area contributed by atoms with Gasteiger partial charge in [-0.25, -0.2) is 0 Å². The molecule has 0 fully saturated rings. The number of halogens is 2. The number of primary amides is 1. The zero-order chi connectivity index (χ0) is 9.56. The van der Waals surface area contributed by atoms with Crippen molar-refractivity contribution in [1.82, 2.24) is 0 Å². The average molecular weight is 206 g/mol. The summed E-state index contributed by atoms with van der Waals surface area (Å²) >= 11 is 11.2. The van der Waals surface area contributed by atoms with Gasteiger partial charge in [0.05, 0.1) is 10.0 Å². The molecule has 0 aliphatic carbocycles. The summed E-state index contributed by atoms with van der Waals surface area (Å²) in [5.74, 6) is -0.333. The topological polar surface area (TPSA) is 43.1 Å². The van der Waals surface area contributed by atoms with Gasteiger partial charge < -0.3 is 5.73 Å². The van der Waals surface area contributed by atoms with Gasteiger partial charge in [-0.1, -0.05) is 35.3 Å². The zero-order valence-corrected chi connectivity index (χ0v) is 8.06. The summed E-state index contributed by atoms with van der Waals surface area (Å²) in [5.41, 5.74) is 4.47. The molecule has 1 aromatic carbocycles. The minimum Gasteiger partial charge on any atom is -0.370 e. The molecule has 0 spiro atoms. The lowest BCUT2D eigenvalue weighted by Crippen LogP contribution is -2.01. The summed E-state index contributed by atoms with van der Waals surface area (Å²) in [4.78, 5) is 9.22. The Bertz CT molecular complexity index is 238. The molecule has 2 nitrogen and oxygen atoms in total. The summed E-state index contributed by atoms with van der Waals surface area (Å²) in [7, 11) is 0. The van der Waals surface area contributed by atoms with Crippen LogP contribution >= 0.6 is 23.2 Å². The number of hydrogen-bond acceptors (Lipinski definition) is 1. The Labute approximate surface area is 81.3 Å². The molecule has 0 bridgehead atoms. The SMILES string of the molecule is CC(N)=O.Clc1ccccc1Cl. The van der Waals surface area contributed by atoms with Gasteiger partial charge in [0, 0.05) is 6.92 Å². The summed E-state index contributed by atoms with van der Waals surface area (Å²) in [6.07, 6.45) is 0. The smallest absolute Gasteiger partial charge is 0.214 e. The maximum atomic E-state index is 9.22. The molecule has 1 rings (SSSR count). The molecule has 0 saturated heterocycles.